The summed E-state index contributed by atoms with van der Waals surface area (Å²) in [5, 5.41) is 0. The molecule has 0 saturated heterocycles. The van der Waals surface area contributed by atoms with E-state index in [9.17, 15) is 0 Å². The first-order chi connectivity index (χ1) is 7.74. The van der Waals surface area contributed by atoms with Gasteiger partial charge in [0.05, 0.1) is 0 Å². The van der Waals surface area contributed by atoms with Crippen molar-refractivity contribution < 1.29 is 0 Å². The smallest absolute Gasteiger partial charge is 0.127 e. The topological polar surface area (TPSA) is 6.48 Å². The van der Waals surface area contributed by atoms with E-state index in [1.54, 1.807) is 0 Å². The van der Waals surface area contributed by atoms with E-state index in [1.807, 2.05) is 0 Å². The van der Waals surface area contributed by atoms with Crippen LogP contribution in [0.2, 0.25) is 0 Å². The second-order valence-corrected chi connectivity index (χ2v) is 4.45. The van der Waals surface area contributed by atoms with Crippen LogP contribution in [0.5, 0.6) is 0 Å². The summed E-state index contributed by atoms with van der Waals surface area (Å²) in [6.07, 6.45) is 4.76. The van der Waals surface area contributed by atoms with Gasteiger partial charge in [0.2, 0.25) is 0 Å². The first-order valence-electron chi connectivity index (χ1n) is 6.00. The summed E-state index contributed by atoms with van der Waals surface area (Å²) in [4.78, 5) is 4.77. The van der Waals surface area contributed by atoms with Crippen LogP contribution < -0.4 is 0 Å². The van der Waals surface area contributed by atoms with E-state index in [2.05, 4.69) is 73.3 Å². The molecule has 86 valence electrons. The second-order valence-electron chi connectivity index (χ2n) is 4.45. The van der Waals surface area contributed by atoms with Crippen molar-refractivity contribution in [2.75, 3.05) is 6.54 Å². The molecular weight excluding hydrogens is 196 g/mol. The Kier molecular flexibility index (Phi) is 3.18. The molecule has 16 heavy (non-hydrogen) atoms. The molecule has 2 nitrogen and oxygen atoms in total. The van der Waals surface area contributed by atoms with E-state index in [0.717, 1.165) is 6.54 Å². The molecule has 1 aliphatic rings. The van der Waals surface area contributed by atoms with Crippen LogP contribution in [-0.2, 0) is 0 Å². The van der Waals surface area contributed by atoms with Gasteiger partial charge in [0, 0.05) is 25.0 Å². The van der Waals surface area contributed by atoms with Crippen molar-refractivity contribution in [1.82, 2.24) is 9.80 Å². The monoisotopic (exact) mass is 216 g/mol. The van der Waals surface area contributed by atoms with Crippen molar-refractivity contribution in [2.24, 2.45) is 0 Å². The average molecular weight is 216 g/mol. The summed E-state index contributed by atoms with van der Waals surface area (Å²) in [6, 6.07) is 11.2. The molecule has 0 N–H and O–H groups in total. The fraction of sp³-hybridized carbons (Fsp3) is 0.429. The fourth-order valence-corrected chi connectivity index (χ4v) is 2.22. The normalized spacial score (nSPS) is 19.9. The number of hydrogen-bond acceptors (Lipinski definition) is 2. The molecular formula is C14H20N2. The highest BCUT2D eigenvalue weighted by Crippen LogP contribution is 2.31. The Hall–Kier alpha value is -1.44. The van der Waals surface area contributed by atoms with Crippen LogP contribution in [0.1, 0.15) is 32.5 Å². The second kappa shape index (κ2) is 4.60. The number of rotatable bonds is 3. The van der Waals surface area contributed by atoms with E-state index in [0.29, 0.717) is 12.2 Å². The molecule has 1 unspecified atom stereocenters. The van der Waals surface area contributed by atoms with Gasteiger partial charge in [0.25, 0.3) is 0 Å². The summed E-state index contributed by atoms with van der Waals surface area (Å²) in [6.45, 7) is 7.71. The van der Waals surface area contributed by atoms with Gasteiger partial charge in [-0.05, 0) is 26.3 Å². The van der Waals surface area contributed by atoms with Crippen LogP contribution in [0.15, 0.2) is 42.7 Å². The maximum Gasteiger partial charge on any atom is 0.127 e. The molecule has 1 aromatic rings. The van der Waals surface area contributed by atoms with Crippen LogP contribution in [0.4, 0.5) is 0 Å². The molecule has 2 heteroatoms. The predicted octanol–water partition coefficient (Wildman–Crippen LogP) is 3.20. The maximum atomic E-state index is 2.40. The van der Waals surface area contributed by atoms with Crippen molar-refractivity contribution in [1.29, 1.82) is 0 Å². The lowest BCUT2D eigenvalue weighted by Gasteiger charge is -2.35. The zero-order valence-corrected chi connectivity index (χ0v) is 10.3. The summed E-state index contributed by atoms with van der Waals surface area (Å²) in [5.74, 6) is 0. The Labute approximate surface area is 98.2 Å². The largest absolute Gasteiger partial charge is 0.353 e. The van der Waals surface area contributed by atoms with Crippen LogP contribution in [0.3, 0.4) is 0 Å². The van der Waals surface area contributed by atoms with Crippen LogP contribution in [0, 0.1) is 0 Å². The van der Waals surface area contributed by atoms with E-state index in [1.165, 1.54) is 5.56 Å². The van der Waals surface area contributed by atoms with Gasteiger partial charge >= 0.3 is 0 Å². The number of benzene rings is 1. The van der Waals surface area contributed by atoms with Crippen molar-refractivity contribution in [3.05, 3.63) is 48.3 Å². The van der Waals surface area contributed by atoms with Gasteiger partial charge in [0.1, 0.15) is 6.17 Å². The van der Waals surface area contributed by atoms with E-state index < -0.39 is 0 Å². The highest BCUT2D eigenvalue weighted by atomic mass is 15.4. The SMILES string of the molecule is CCN1C=CN(C(C)C)C1c1ccccc1. The van der Waals surface area contributed by atoms with E-state index in [-0.39, 0.29) is 0 Å². The van der Waals surface area contributed by atoms with Crippen molar-refractivity contribution >= 4 is 0 Å². The molecule has 1 heterocycles. The Morgan fingerprint density at radius 1 is 1.12 bits per heavy atom. The predicted molar refractivity (Wildman–Crippen MR) is 67.7 cm³/mol. The molecule has 1 aliphatic heterocycles. The summed E-state index contributed by atoms with van der Waals surface area (Å²) in [7, 11) is 0. The summed E-state index contributed by atoms with van der Waals surface area (Å²) in [5.41, 5.74) is 1.36. The number of hydrogen-bond donors (Lipinski definition) is 0. The van der Waals surface area contributed by atoms with Gasteiger partial charge < -0.3 is 9.80 Å². The molecule has 0 bridgehead atoms. The maximum absolute atomic E-state index is 2.40. The molecule has 0 aliphatic carbocycles. The lowest BCUT2D eigenvalue weighted by atomic mass is 10.1. The highest BCUT2D eigenvalue weighted by molar-refractivity contribution is 5.22. The van der Waals surface area contributed by atoms with Crippen molar-refractivity contribution in [2.45, 2.75) is 33.0 Å². The molecule has 2 rings (SSSR count). The molecule has 0 aromatic heterocycles. The Balaban J connectivity index is 2.29. The third-order valence-electron chi connectivity index (χ3n) is 3.09. The summed E-state index contributed by atoms with van der Waals surface area (Å²) >= 11 is 0. The molecule has 0 amide bonds. The minimum absolute atomic E-state index is 0.367. The van der Waals surface area contributed by atoms with E-state index in [4.69, 9.17) is 0 Å². The van der Waals surface area contributed by atoms with Gasteiger partial charge in [-0.1, -0.05) is 30.3 Å². The average Bonchev–Trinajstić information content (AvgIpc) is 2.73. The van der Waals surface area contributed by atoms with Gasteiger partial charge in [-0.25, -0.2) is 0 Å². The third kappa shape index (κ3) is 1.92. The number of nitrogens with zero attached hydrogens (tertiary/aromatic N) is 2. The van der Waals surface area contributed by atoms with Gasteiger partial charge in [-0.15, -0.1) is 0 Å². The highest BCUT2D eigenvalue weighted by Gasteiger charge is 2.27. The molecule has 0 saturated carbocycles. The first-order valence-corrected chi connectivity index (χ1v) is 6.00. The van der Waals surface area contributed by atoms with Crippen molar-refractivity contribution in [3.63, 3.8) is 0 Å². The lowest BCUT2D eigenvalue weighted by Crippen LogP contribution is -2.34. The third-order valence-corrected chi connectivity index (χ3v) is 3.09. The van der Waals surface area contributed by atoms with Gasteiger partial charge in [-0.3, -0.25) is 0 Å². The molecule has 1 aromatic carbocycles. The summed E-state index contributed by atoms with van der Waals surface area (Å²) < 4.78 is 0. The molecule has 0 radical (unpaired) electrons. The fourth-order valence-electron chi connectivity index (χ4n) is 2.22. The van der Waals surface area contributed by atoms with Gasteiger partial charge in [-0.2, -0.15) is 0 Å². The lowest BCUT2D eigenvalue weighted by molar-refractivity contribution is 0.132. The van der Waals surface area contributed by atoms with Crippen molar-refractivity contribution in [3.8, 4) is 0 Å². The standard InChI is InChI=1S/C14H20N2/c1-4-15-10-11-16(12(2)3)14(15)13-8-6-5-7-9-13/h5-12,14H,4H2,1-3H3. The van der Waals surface area contributed by atoms with E-state index >= 15 is 0 Å². The Bertz CT molecular complexity index is 356. The zero-order chi connectivity index (χ0) is 11.5. The quantitative estimate of drug-likeness (QED) is 0.765. The minimum atomic E-state index is 0.367. The minimum Gasteiger partial charge on any atom is -0.353 e. The van der Waals surface area contributed by atoms with Crippen LogP contribution in [-0.4, -0.2) is 22.4 Å². The Morgan fingerprint density at radius 3 is 2.38 bits per heavy atom. The molecule has 0 spiro atoms. The first kappa shape index (κ1) is 11.1. The molecule has 1 atom stereocenters. The van der Waals surface area contributed by atoms with Crippen LogP contribution in [0.25, 0.3) is 0 Å². The van der Waals surface area contributed by atoms with Gasteiger partial charge in [0.15, 0.2) is 0 Å². The Morgan fingerprint density at radius 2 is 1.81 bits per heavy atom. The molecule has 0 fully saturated rings. The van der Waals surface area contributed by atoms with Crippen LogP contribution >= 0.6 is 0 Å². The zero-order valence-electron chi connectivity index (χ0n) is 10.3.